The van der Waals surface area contributed by atoms with Gasteiger partial charge in [0, 0.05) is 6.42 Å². The maximum absolute atomic E-state index is 6.11. The van der Waals surface area contributed by atoms with Gasteiger partial charge in [0.2, 0.25) is 0 Å². The Kier molecular flexibility index (Phi) is 8.17. The van der Waals surface area contributed by atoms with Gasteiger partial charge in [0.05, 0.1) is 25.9 Å². The largest absolute Gasteiger partial charge is 0.493 e. The van der Waals surface area contributed by atoms with Crippen LogP contribution in [-0.2, 0) is 9.47 Å². The Morgan fingerprint density at radius 1 is 0.550 bits per heavy atom. The summed E-state index contributed by atoms with van der Waals surface area (Å²) in [6.45, 7) is 5.48. The molecule has 0 saturated carbocycles. The van der Waals surface area contributed by atoms with Gasteiger partial charge >= 0.3 is 0 Å². The summed E-state index contributed by atoms with van der Waals surface area (Å²) in [5.41, 5.74) is 4.55. The van der Waals surface area contributed by atoms with Gasteiger partial charge in [-0.1, -0.05) is 48.5 Å². The molecule has 0 spiro atoms. The third-order valence-corrected chi connectivity index (χ3v) is 6.89. The van der Waals surface area contributed by atoms with Crippen LogP contribution in [0.15, 0.2) is 97.1 Å². The number of hydrogen-bond donors (Lipinski definition) is 0. The van der Waals surface area contributed by atoms with Gasteiger partial charge < -0.3 is 28.4 Å². The van der Waals surface area contributed by atoms with Crippen LogP contribution in [0.5, 0.6) is 23.0 Å². The lowest BCUT2D eigenvalue weighted by Gasteiger charge is -2.16. The van der Waals surface area contributed by atoms with Crippen molar-refractivity contribution >= 4 is 0 Å². The van der Waals surface area contributed by atoms with Crippen molar-refractivity contribution in [1.82, 2.24) is 0 Å². The molecule has 0 N–H and O–H groups in total. The topological polar surface area (TPSA) is 62.0 Å². The van der Waals surface area contributed by atoms with E-state index in [-0.39, 0.29) is 18.3 Å². The zero-order chi connectivity index (χ0) is 27.1. The van der Waals surface area contributed by atoms with Crippen molar-refractivity contribution < 1.29 is 28.4 Å². The van der Waals surface area contributed by atoms with Gasteiger partial charge in [0.25, 0.3) is 0 Å². The van der Waals surface area contributed by atoms with E-state index in [0.29, 0.717) is 19.8 Å². The minimum absolute atomic E-state index is 0.0317. The zero-order valence-electron chi connectivity index (χ0n) is 22.7. The molecule has 0 aromatic heterocycles. The number of ether oxygens (including phenoxy) is 6. The van der Waals surface area contributed by atoms with Gasteiger partial charge in [-0.2, -0.15) is 0 Å². The highest BCUT2D eigenvalue weighted by molar-refractivity contribution is 5.65. The smallest absolute Gasteiger partial charge is 0.119 e. The summed E-state index contributed by atoms with van der Waals surface area (Å²) in [6, 6.07) is 32.6. The number of epoxide rings is 2. The standard InChI is InChI=1S/C34H34O6/c1-24(40-32-16-8-28(9-17-32)27-6-14-31(15-7-27)37-21-34-23-39-34)18-19-35-29-10-2-25(3-11-29)26-4-12-30(13-5-26)36-20-33-22-38-33/h2-17,24,33-34H,18-23H2,1H3. The summed E-state index contributed by atoms with van der Waals surface area (Å²) < 4.78 is 33.9. The second-order valence-electron chi connectivity index (χ2n) is 10.2. The van der Waals surface area contributed by atoms with Crippen LogP contribution < -0.4 is 18.9 Å². The number of rotatable bonds is 14. The first kappa shape index (κ1) is 26.2. The second kappa shape index (κ2) is 12.5. The van der Waals surface area contributed by atoms with Crippen molar-refractivity contribution in [1.29, 1.82) is 0 Å². The molecular formula is C34H34O6. The second-order valence-corrected chi connectivity index (χ2v) is 10.2. The number of hydrogen-bond acceptors (Lipinski definition) is 6. The Bertz CT molecular complexity index is 1340. The fraction of sp³-hybridized carbons (Fsp3) is 0.294. The Morgan fingerprint density at radius 3 is 1.27 bits per heavy atom. The fourth-order valence-corrected chi connectivity index (χ4v) is 4.30. The lowest BCUT2D eigenvalue weighted by Crippen LogP contribution is -2.15. The van der Waals surface area contributed by atoms with Crippen molar-refractivity contribution in [2.45, 2.75) is 31.7 Å². The van der Waals surface area contributed by atoms with Crippen LogP contribution in [0.25, 0.3) is 22.3 Å². The molecule has 206 valence electrons. The van der Waals surface area contributed by atoms with E-state index in [1.54, 1.807) is 0 Å². The van der Waals surface area contributed by atoms with E-state index >= 15 is 0 Å². The van der Waals surface area contributed by atoms with Crippen LogP contribution in [0.4, 0.5) is 0 Å². The Balaban J connectivity index is 0.924. The van der Waals surface area contributed by atoms with Crippen LogP contribution in [0.3, 0.4) is 0 Å². The van der Waals surface area contributed by atoms with Gasteiger partial charge in [-0.15, -0.1) is 0 Å². The highest BCUT2D eigenvalue weighted by atomic mass is 16.6. The SMILES string of the molecule is CC(CCOc1ccc(-c2ccc(OCC3CO3)cc2)cc1)Oc1ccc(-c2ccc(OCC3CO3)cc2)cc1. The lowest BCUT2D eigenvalue weighted by atomic mass is 10.1. The highest BCUT2D eigenvalue weighted by Crippen LogP contribution is 2.27. The molecule has 0 amide bonds. The monoisotopic (exact) mass is 538 g/mol. The minimum Gasteiger partial charge on any atom is -0.493 e. The van der Waals surface area contributed by atoms with Gasteiger partial charge in [-0.25, -0.2) is 0 Å². The van der Waals surface area contributed by atoms with Crippen molar-refractivity contribution in [3.8, 4) is 45.3 Å². The van der Waals surface area contributed by atoms with Gasteiger partial charge in [0.1, 0.15) is 48.4 Å². The van der Waals surface area contributed by atoms with Crippen molar-refractivity contribution in [3.63, 3.8) is 0 Å². The molecule has 6 nitrogen and oxygen atoms in total. The molecule has 2 saturated heterocycles. The third-order valence-electron chi connectivity index (χ3n) is 6.89. The van der Waals surface area contributed by atoms with Crippen LogP contribution in [0, 0.1) is 0 Å². The average molecular weight is 539 g/mol. The zero-order valence-corrected chi connectivity index (χ0v) is 22.7. The normalized spacial score (nSPS) is 18.0. The summed E-state index contributed by atoms with van der Waals surface area (Å²) in [5.74, 6) is 3.42. The van der Waals surface area contributed by atoms with Crippen LogP contribution in [0.2, 0.25) is 0 Å². The van der Waals surface area contributed by atoms with Crippen molar-refractivity contribution in [2.75, 3.05) is 33.0 Å². The van der Waals surface area contributed by atoms with E-state index < -0.39 is 0 Å². The van der Waals surface area contributed by atoms with E-state index in [2.05, 4.69) is 55.5 Å². The van der Waals surface area contributed by atoms with E-state index in [4.69, 9.17) is 28.4 Å². The summed E-state index contributed by atoms with van der Waals surface area (Å²) in [5, 5.41) is 0. The van der Waals surface area contributed by atoms with Crippen molar-refractivity contribution in [3.05, 3.63) is 97.1 Å². The summed E-state index contributed by atoms with van der Waals surface area (Å²) in [4.78, 5) is 0. The first-order chi connectivity index (χ1) is 19.7. The van der Waals surface area contributed by atoms with Gasteiger partial charge in [-0.05, 0) is 77.7 Å². The molecule has 4 aromatic carbocycles. The van der Waals surface area contributed by atoms with Crippen LogP contribution >= 0.6 is 0 Å². The molecule has 2 aliphatic heterocycles. The summed E-state index contributed by atoms with van der Waals surface area (Å²) >= 11 is 0. The molecule has 40 heavy (non-hydrogen) atoms. The summed E-state index contributed by atoms with van der Waals surface area (Å²) in [7, 11) is 0. The molecule has 3 atom stereocenters. The first-order valence-electron chi connectivity index (χ1n) is 13.9. The van der Waals surface area contributed by atoms with Gasteiger partial charge in [-0.3, -0.25) is 0 Å². The maximum atomic E-state index is 6.11. The molecule has 4 aromatic rings. The average Bonchev–Trinajstić information content (AvgIpc) is 3.92. The highest BCUT2D eigenvalue weighted by Gasteiger charge is 2.23. The molecule has 0 aliphatic carbocycles. The Labute approximate surface area is 235 Å². The molecule has 0 bridgehead atoms. The maximum Gasteiger partial charge on any atom is 0.119 e. The molecule has 2 aliphatic rings. The number of benzene rings is 4. The Morgan fingerprint density at radius 2 is 0.900 bits per heavy atom. The molecule has 6 heteroatoms. The molecule has 2 heterocycles. The quantitative estimate of drug-likeness (QED) is 0.164. The summed E-state index contributed by atoms with van der Waals surface area (Å²) in [6.07, 6.45) is 1.33. The minimum atomic E-state index is 0.0317. The molecule has 3 unspecified atom stereocenters. The van der Waals surface area contributed by atoms with E-state index in [1.165, 1.54) is 0 Å². The lowest BCUT2D eigenvalue weighted by molar-refractivity contribution is 0.177. The third kappa shape index (κ3) is 7.56. The van der Waals surface area contributed by atoms with E-state index in [1.807, 2.05) is 48.5 Å². The molecule has 0 radical (unpaired) electrons. The van der Waals surface area contributed by atoms with Crippen molar-refractivity contribution in [2.24, 2.45) is 0 Å². The first-order valence-corrected chi connectivity index (χ1v) is 13.9. The predicted molar refractivity (Wildman–Crippen MR) is 154 cm³/mol. The molecular weight excluding hydrogens is 504 g/mol. The Hall–Kier alpha value is -4.00. The van der Waals surface area contributed by atoms with E-state index in [0.717, 1.165) is 64.9 Å². The van der Waals surface area contributed by atoms with Crippen LogP contribution in [0.1, 0.15) is 13.3 Å². The van der Waals surface area contributed by atoms with Crippen LogP contribution in [-0.4, -0.2) is 51.3 Å². The van der Waals surface area contributed by atoms with E-state index in [9.17, 15) is 0 Å². The van der Waals surface area contributed by atoms with Gasteiger partial charge in [0.15, 0.2) is 0 Å². The predicted octanol–water partition coefficient (Wildman–Crippen LogP) is 6.81. The molecule has 6 rings (SSSR count). The fourth-order valence-electron chi connectivity index (χ4n) is 4.30. The molecule has 2 fully saturated rings.